The molecule has 2 aromatic carbocycles. The third-order valence-electron chi connectivity index (χ3n) is 4.59. The standard InChI is InChI=1S/C21H18ClFN2O2S/c22-16-8-6-14(7-9-16)19-13-28-21(24-19)25(12-18-5-2-10-27-18)20(26)15-3-1-4-17(23)11-15/h1,3-4,6-9,11,13,18H,2,5,10,12H2. The minimum atomic E-state index is -0.441. The van der Waals surface area contributed by atoms with Crippen molar-refractivity contribution in [2.75, 3.05) is 18.1 Å². The summed E-state index contributed by atoms with van der Waals surface area (Å²) in [7, 11) is 0. The molecule has 144 valence electrons. The number of hydrogen-bond donors (Lipinski definition) is 0. The molecule has 7 heteroatoms. The molecular formula is C21H18ClFN2O2S. The molecule has 1 atom stereocenters. The third-order valence-corrected chi connectivity index (χ3v) is 5.71. The molecule has 1 aliphatic heterocycles. The molecule has 0 spiro atoms. The Morgan fingerprint density at radius 3 is 2.82 bits per heavy atom. The van der Waals surface area contributed by atoms with Crippen molar-refractivity contribution >= 4 is 34.0 Å². The van der Waals surface area contributed by atoms with Crippen LogP contribution in [-0.2, 0) is 4.74 Å². The number of benzene rings is 2. The lowest BCUT2D eigenvalue weighted by atomic mass is 10.1. The Balaban J connectivity index is 1.65. The lowest BCUT2D eigenvalue weighted by molar-refractivity contribution is 0.0917. The van der Waals surface area contributed by atoms with E-state index in [4.69, 9.17) is 16.3 Å². The van der Waals surface area contributed by atoms with Gasteiger partial charge in [-0.15, -0.1) is 11.3 Å². The molecule has 1 aliphatic rings. The monoisotopic (exact) mass is 416 g/mol. The molecule has 0 bridgehead atoms. The predicted molar refractivity (Wildman–Crippen MR) is 110 cm³/mol. The quantitative estimate of drug-likeness (QED) is 0.557. The lowest BCUT2D eigenvalue weighted by Gasteiger charge is -2.23. The van der Waals surface area contributed by atoms with Crippen LogP contribution in [0.4, 0.5) is 9.52 Å². The predicted octanol–water partition coefficient (Wildman–Crippen LogP) is 5.43. The number of nitrogens with zero attached hydrogens (tertiary/aromatic N) is 2. The summed E-state index contributed by atoms with van der Waals surface area (Å²) < 4.78 is 19.4. The Labute approximate surface area is 171 Å². The van der Waals surface area contributed by atoms with Gasteiger partial charge in [0.05, 0.1) is 18.3 Å². The molecule has 1 saturated heterocycles. The van der Waals surface area contributed by atoms with Crippen LogP contribution >= 0.6 is 22.9 Å². The summed E-state index contributed by atoms with van der Waals surface area (Å²) in [5, 5.41) is 3.12. The summed E-state index contributed by atoms with van der Waals surface area (Å²) in [6.45, 7) is 1.09. The van der Waals surface area contributed by atoms with Crippen molar-refractivity contribution in [1.29, 1.82) is 0 Å². The first kappa shape index (κ1) is 19.1. The first-order valence-corrected chi connectivity index (χ1v) is 10.3. The van der Waals surface area contributed by atoms with Gasteiger partial charge < -0.3 is 4.74 Å². The number of carbonyl (C=O) groups excluding carboxylic acids is 1. The zero-order chi connectivity index (χ0) is 19.5. The zero-order valence-corrected chi connectivity index (χ0v) is 16.5. The van der Waals surface area contributed by atoms with Crippen LogP contribution in [0.15, 0.2) is 53.9 Å². The number of halogens is 2. The largest absolute Gasteiger partial charge is 0.376 e. The Morgan fingerprint density at radius 2 is 2.11 bits per heavy atom. The summed E-state index contributed by atoms with van der Waals surface area (Å²) in [4.78, 5) is 19.4. The number of aromatic nitrogens is 1. The van der Waals surface area contributed by atoms with Crippen LogP contribution in [0.3, 0.4) is 0 Å². The molecular weight excluding hydrogens is 399 g/mol. The van der Waals surface area contributed by atoms with E-state index in [-0.39, 0.29) is 12.0 Å². The van der Waals surface area contributed by atoms with E-state index in [1.54, 1.807) is 23.1 Å². The van der Waals surface area contributed by atoms with Gasteiger partial charge in [0.1, 0.15) is 5.82 Å². The van der Waals surface area contributed by atoms with Gasteiger partial charge in [0.15, 0.2) is 5.13 Å². The molecule has 1 unspecified atom stereocenters. The first-order valence-electron chi connectivity index (χ1n) is 9.00. The fourth-order valence-electron chi connectivity index (χ4n) is 3.16. The van der Waals surface area contributed by atoms with Gasteiger partial charge in [-0.1, -0.05) is 29.8 Å². The molecule has 2 heterocycles. The zero-order valence-electron chi connectivity index (χ0n) is 15.0. The minimum absolute atomic E-state index is 0.0413. The van der Waals surface area contributed by atoms with E-state index in [1.807, 2.05) is 17.5 Å². The Kier molecular flexibility index (Phi) is 5.71. The van der Waals surface area contributed by atoms with Gasteiger partial charge in [-0.3, -0.25) is 9.69 Å². The summed E-state index contributed by atoms with van der Waals surface area (Å²) >= 11 is 7.34. The first-order chi connectivity index (χ1) is 13.6. The second-order valence-corrected chi connectivity index (χ2v) is 7.86. The van der Waals surface area contributed by atoms with E-state index in [1.165, 1.54) is 29.5 Å². The second-order valence-electron chi connectivity index (χ2n) is 6.58. The van der Waals surface area contributed by atoms with Crippen molar-refractivity contribution in [3.63, 3.8) is 0 Å². The fraction of sp³-hybridized carbons (Fsp3) is 0.238. The number of thiazole rings is 1. The maximum absolute atomic E-state index is 13.6. The highest BCUT2D eigenvalue weighted by atomic mass is 35.5. The van der Waals surface area contributed by atoms with Crippen molar-refractivity contribution in [3.8, 4) is 11.3 Å². The molecule has 1 amide bonds. The van der Waals surface area contributed by atoms with Crippen molar-refractivity contribution in [2.24, 2.45) is 0 Å². The number of hydrogen-bond acceptors (Lipinski definition) is 4. The fourth-order valence-corrected chi connectivity index (χ4v) is 4.13. The van der Waals surface area contributed by atoms with Crippen LogP contribution in [0.25, 0.3) is 11.3 Å². The molecule has 4 rings (SSSR count). The summed E-state index contributed by atoms with van der Waals surface area (Å²) in [5.41, 5.74) is 1.98. The molecule has 1 fully saturated rings. The molecule has 3 aromatic rings. The van der Waals surface area contributed by atoms with E-state index < -0.39 is 5.82 Å². The summed E-state index contributed by atoms with van der Waals surface area (Å²) in [6.07, 6.45) is 1.82. The normalized spacial score (nSPS) is 16.3. The van der Waals surface area contributed by atoms with Crippen LogP contribution in [0, 0.1) is 5.82 Å². The van der Waals surface area contributed by atoms with Gasteiger partial charge in [0.25, 0.3) is 5.91 Å². The highest BCUT2D eigenvalue weighted by Gasteiger charge is 2.27. The van der Waals surface area contributed by atoms with E-state index >= 15 is 0 Å². The van der Waals surface area contributed by atoms with E-state index in [0.29, 0.717) is 28.9 Å². The van der Waals surface area contributed by atoms with Crippen LogP contribution in [0.1, 0.15) is 23.2 Å². The molecule has 28 heavy (non-hydrogen) atoms. The molecule has 0 aliphatic carbocycles. The van der Waals surface area contributed by atoms with Crippen LogP contribution in [0.2, 0.25) is 5.02 Å². The summed E-state index contributed by atoms with van der Waals surface area (Å²) in [6, 6.07) is 13.1. The minimum Gasteiger partial charge on any atom is -0.376 e. The topological polar surface area (TPSA) is 42.4 Å². The van der Waals surface area contributed by atoms with Crippen molar-refractivity contribution < 1.29 is 13.9 Å². The molecule has 4 nitrogen and oxygen atoms in total. The number of carbonyl (C=O) groups is 1. The number of anilines is 1. The van der Waals surface area contributed by atoms with Gasteiger partial charge in [-0.2, -0.15) is 0 Å². The Hall–Kier alpha value is -2.28. The van der Waals surface area contributed by atoms with Gasteiger partial charge >= 0.3 is 0 Å². The lowest BCUT2D eigenvalue weighted by Crippen LogP contribution is -2.37. The van der Waals surface area contributed by atoms with Crippen molar-refractivity contribution in [1.82, 2.24) is 4.98 Å². The molecule has 0 saturated carbocycles. The SMILES string of the molecule is O=C(c1cccc(F)c1)N(CC1CCCO1)c1nc(-c2ccc(Cl)cc2)cs1. The maximum Gasteiger partial charge on any atom is 0.260 e. The second kappa shape index (κ2) is 8.39. The van der Waals surface area contributed by atoms with Crippen molar-refractivity contribution in [3.05, 3.63) is 70.3 Å². The van der Waals surface area contributed by atoms with Gasteiger partial charge in [0.2, 0.25) is 0 Å². The van der Waals surface area contributed by atoms with Gasteiger partial charge in [0, 0.05) is 28.1 Å². The number of ether oxygens (including phenoxy) is 1. The highest BCUT2D eigenvalue weighted by Crippen LogP contribution is 2.30. The smallest absolute Gasteiger partial charge is 0.260 e. The van der Waals surface area contributed by atoms with E-state index in [9.17, 15) is 9.18 Å². The molecule has 0 N–H and O–H groups in total. The average Bonchev–Trinajstić information content (AvgIpc) is 3.38. The van der Waals surface area contributed by atoms with Crippen molar-refractivity contribution in [2.45, 2.75) is 18.9 Å². The van der Waals surface area contributed by atoms with Crippen LogP contribution in [0.5, 0.6) is 0 Å². The maximum atomic E-state index is 13.6. The number of rotatable bonds is 5. The van der Waals surface area contributed by atoms with E-state index in [0.717, 1.165) is 24.1 Å². The average molecular weight is 417 g/mol. The molecule has 0 radical (unpaired) electrons. The Morgan fingerprint density at radius 1 is 1.29 bits per heavy atom. The van der Waals surface area contributed by atoms with Gasteiger partial charge in [-0.05, 0) is 43.2 Å². The Bertz CT molecular complexity index is 971. The van der Waals surface area contributed by atoms with Crippen LogP contribution < -0.4 is 4.90 Å². The van der Waals surface area contributed by atoms with E-state index in [2.05, 4.69) is 4.98 Å². The summed E-state index contributed by atoms with van der Waals surface area (Å²) in [5.74, 6) is -0.726. The van der Waals surface area contributed by atoms with Crippen LogP contribution in [-0.4, -0.2) is 30.1 Å². The number of amides is 1. The molecule has 1 aromatic heterocycles. The highest BCUT2D eigenvalue weighted by molar-refractivity contribution is 7.14. The van der Waals surface area contributed by atoms with Gasteiger partial charge in [-0.25, -0.2) is 9.37 Å². The third kappa shape index (κ3) is 4.24.